The largest absolute Gasteiger partial charge is 0.379 e. The van der Waals surface area contributed by atoms with Gasteiger partial charge in [-0.05, 0) is 19.8 Å². The predicted molar refractivity (Wildman–Crippen MR) is 138 cm³/mol. The highest BCUT2D eigenvalue weighted by Crippen LogP contribution is 2.05. The summed E-state index contributed by atoms with van der Waals surface area (Å²) < 4.78 is 7.54. The van der Waals surface area contributed by atoms with Gasteiger partial charge in [0.1, 0.15) is 12.2 Å². The normalized spacial score (nSPS) is 16.0. The summed E-state index contributed by atoms with van der Waals surface area (Å²) in [5.74, 6) is 1.95. The number of morpholine rings is 1. The topological polar surface area (TPSA) is 79.6 Å². The maximum atomic E-state index is 5.43. The van der Waals surface area contributed by atoms with Gasteiger partial charge in [0.2, 0.25) is 0 Å². The molecular formula is C22H44IN7O. The second-order valence-corrected chi connectivity index (χ2v) is 8.15. The lowest BCUT2D eigenvalue weighted by Crippen LogP contribution is -2.43. The number of nitrogens with zero attached hydrogens (tertiary/aromatic N) is 5. The molecule has 2 heterocycles. The van der Waals surface area contributed by atoms with E-state index in [1.54, 1.807) is 0 Å². The van der Waals surface area contributed by atoms with Crippen molar-refractivity contribution in [2.45, 2.75) is 78.3 Å². The molecule has 2 N–H and O–H groups in total. The molecule has 0 amide bonds. The summed E-state index contributed by atoms with van der Waals surface area (Å²) in [6, 6.07) is 0.425. The van der Waals surface area contributed by atoms with Crippen molar-refractivity contribution in [1.82, 2.24) is 30.3 Å². The van der Waals surface area contributed by atoms with Crippen molar-refractivity contribution < 1.29 is 4.74 Å². The number of hydrogen-bond acceptors (Lipinski definition) is 5. The fraction of sp³-hybridized carbons (Fsp3) is 0.864. The molecule has 1 aliphatic rings. The van der Waals surface area contributed by atoms with Crippen LogP contribution in [-0.2, 0) is 17.7 Å². The number of aryl methyl sites for hydroxylation is 1. The van der Waals surface area contributed by atoms with Gasteiger partial charge in [0, 0.05) is 51.7 Å². The van der Waals surface area contributed by atoms with Crippen molar-refractivity contribution in [3.63, 3.8) is 0 Å². The third-order valence-electron chi connectivity index (χ3n) is 5.54. The number of guanidine groups is 1. The maximum absolute atomic E-state index is 5.43. The predicted octanol–water partition coefficient (Wildman–Crippen LogP) is 3.07. The van der Waals surface area contributed by atoms with Gasteiger partial charge in [-0.1, -0.05) is 39.5 Å². The molecule has 1 aromatic heterocycles. The third kappa shape index (κ3) is 12.0. The summed E-state index contributed by atoms with van der Waals surface area (Å²) in [7, 11) is 0. The summed E-state index contributed by atoms with van der Waals surface area (Å²) in [5.41, 5.74) is 0. The van der Waals surface area contributed by atoms with E-state index in [1.165, 1.54) is 32.1 Å². The molecule has 1 aromatic rings. The van der Waals surface area contributed by atoms with Crippen molar-refractivity contribution in [3.8, 4) is 0 Å². The average Bonchev–Trinajstić information content (AvgIpc) is 3.22. The Bertz CT molecular complexity index is 590. The van der Waals surface area contributed by atoms with E-state index in [4.69, 9.17) is 9.73 Å². The SMILES string of the molecule is CCCCCCC(C)NC(=NCCCN1CCOCC1)NCCn1cnnc1CC.I. The van der Waals surface area contributed by atoms with E-state index in [-0.39, 0.29) is 24.0 Å². The van der Waals surface area contributed by atoms with E-state index in [0.29, 0.717) is 6.04 Å². The molecule has 0 aromatic carbocycles. The molecule has 1 saturated heterocycles. The lowest BCUT2D eigenvalue weighted by molar-refractivity contribution is 0.0377. The first-order valence-electron chi connectivity index (χ1n) is 11.9. The third-order valence-corrected chi connectivity index (χ3v) is 5.54. The molecule has 1 unspecified atom stereocenters. The lowest BCUT2D eigenvalue weighted by atomic mass is 10.1. The lowest BCUT2D eigenvalue weighted by Gasteiger charge is -2.26. The highest BCUT2D eigenvalue weighted by molar-refractivity contribution is 14.0. The van der Waals surface area contributed by atoms with Gasteiger partial charge < -0.3 is 19.9 Å². The van der Waals surface area contributed by atoms with Crippen molar-refractivity contribution in [2.75, 3.05) is 45.9 Å². The Morgan fingerprint density at radius 3 is 2.71 bits per heavy atom. The summed E-state index contributed by atoms with van der Waals surface area (Å²) in [5, 5.41) is 15.3. The zero-order valence-electron chi connectivity index (χ0n) is 19.8. The second kappa shape index (κ2) is 17.6. The first-order valence-corrected chi connectivity index (χ1v) is 11.9. The quantitative estimate of drug-likeness (QED) is 0.161. The fourth-order valence-electron chi connectivity index (χ4n) is 3.68. The molecule has 0 spiro atoms. The van der Waals surface area contributed by atoms with Gasteiger partial charge in [-0.15, -0.1) is 34.2 Å². The summed E-state index contributed by atoms with van der Waals surface area (Å²) >= 11 is 0. The Morgan fingerprint density at radius 2 is 1.97 bits per heavy atom. The average molecular weight is 550 g/mol. The molecule has 0 saturated carbocycles. The van der Waals surface area contributed by atoms with Crippen molar-refractivity contribution in [2.24, 2.45) is 4.99 Å². The second-order valence-electron chi connectivity index (χ2n) is 8.15. The summed E-state index contributed by atoms with van der Waals surface area (Å²) in [6.45, 7) is 14.0. The molecule has 180 valence electrons. The Kier molecular flexibility index (Phi) is 15.9. The first kappa shape index (κ1) is 28.1. The molecule has 9 heteroatoms. The number of halogens is 1. The monoisotopic (exact) mass is 549 g/mol. The number of unbranched alkanes of at least 4 members (excludes halogenated alkanes) is 3. The molecular weight excluding hydrogens is 505 g/mol. The molecule has 2 rings (SSSR count). The number of nitrogens with one attached hydrogen (secondary N) is 2. The van der Waals surface area contributed by atoms with Gasteiger partial charge in [0.05, 0.1) is 13.2 Å². The number of rotatable bonds is 14. The molecule has 1 atom stereocenters. The van der Waals surface area contributed by atoms with Crippen LogP contribution in [0.1, 0.15) is 65.1 Å². The highest BCUT2D eigenvalue weighted by atomic mass is 127. The molecule has 1 aliphatic heterocycles. The van der Waals surface area contributed by atoms with Gasteiger partial charge in [-0.25, -0.2) is 0 Å². The number of aliphatic imine (C=N–C) groups is 1. The van der Waals surface area contributed by atoms with Crippen LogP contribution in [0, 0.1) is 0 Å². The molecule has 1 fully saturated rings. The van der Waals surface area contributed by atoms with Crippen molar-refractivity contribution >= 4 is 29.9 Å². The number of ether oxygens (including phenoxy) is 1. The van der Waals surface area contributed by atoms with E-state index < -0.39 is 0 Å². The number of hydrogen-bond donors (Lipinski definition) is 2. The van der Waals surface area contributed by atoms with Gasteiger partial charge in [-0.3, -0.25) is 9.89 Å². The highest BCUT2D eigenvalue weighted by Gasteiger charge is 2.10. The minimum absolute atomic E-state index is 0. The van der Waals surface area contributed by atoms with E-state index >= 15 is 0 Å². The Hall–Kier alpha value is -0.940. The minimum Gasteiger partial charge on any atom is -0.379 e. The van der Waals surface area contributed by atoms with Crippen LogP contribution in [0.25, 0.3) is 0 Å². The van der Waals surface area contributed by atoms with Crippen molar-refractivity contribution in [1.29, 1.82) is 0 Å². The minimum atomic E-state index is 0. The van der Waals surface area contributed by atoms with E-state index in [1.807, 2.05) is 6.33 Å². The summed E-state index contributed by atoms with van der Waals surface area (Å²) in [6.07, 6.45) is 10.2. The van der Waals surface area contributed by atoms with E-state index in [2.05, 4.69) is 51.1 Å². The smallest absolute Gasteiger partial charge is 0.191 e. The van der Waals surface area contributed by atoms with Gasteiger partial charge >= 0.3 is 0 Å². The standard InChI is InChI=1S/C22H43N7O.HI/c1-4-6-7-8-10-20(3)26-22(23-11-9-13-28-15-17-30-18-16-28)24-12-14-29-19-25-27-21(29)5-2;/h19-20H,4-18H2,1-3H3,(H2,23,24,26);1H. The van der Waals surface area contributed by atoms with E-state index in [0.717, 1.165) is 77.1 Å². The maximum Gasteiger partial charge on any atom is 0.191 e. The Morgan fingerprint density at radius 1 is 1.16 bits per heavy atom. The molecule has 0 bridgehead atoms. The van der Waals surface area contributed by atoms with Crippen LogP contribution in [0.3, 0.4) is 0 Å². The van der Waals surface area contributed by atoms with Gasteiger partial charge in [0.25, 0.3) is 0 Å². The van der Waals surface area contributed by atoms with Crippen LogP contribution in [0.5, 0.6) is 0 Å². The number of aromatic nitrogens is 3. The van der Waals surface area contributed by atoms with Gasteiger partial charge in [0.15, 0.2) is 5.96 Å². The van der Waals surface area contributed by atoms with Crippen LogP contribution < -0.4 is 10.6 Å². The molecule has 8 nitrogen and oxygen atoms in total. The van der Waals surface area contributed by atoms with Crippen LogP contribution in [0.4, 0.5) is 0 Å². The zero-order chi connectivity index (χ0) is 21.4. The van der Waals surface area contributed by atoms with Gasteiger partial charge in [-0.2, -0.15) is 0 Å². The van der Waals surface area contributed by atoms with Crippen molar-refractivity contribution in [3.05, 3.63) is 12.2 Å². The van der Waals surface area contributed by atoms with Crippen LogP contribution >= 0.6 is 24.0 Å². The first-order chi connectivity index (χ1) is 14.7. The van der Waals surface area contributed by atoms with Crippen LogP contribution in [0.2, 0.25) is 0 Å². The zero-order valence-corrected chi connectivity index (χ0v) is 22.1. The molecule has 0 aliphatic carbocycles. The van der Waals surface area contributed by atoms with Crippen LogP contribution in [0.15, 0.2) is 11.3 Å². The Labute approximate surface area is 206 Å². The fourth-order valence-corrected chi connectivity index (χ4v) is 3.68. The molecule has 31 heavy (non-hydrogen) atoms. The van der Waals surface area contributed by atoms with Crippen LogP contribution in [-0.4, -0.2) is 77.6 Å². The molecule has 0 radical (unpaired) electrons. The summed E-state index contributed by atoms with van der Waals surface area (Å²) in [4.78, 5) is 7.32. The van der Waals surface area contributed by atoms with E-state index in [9.17, 15) is 0 Å². The Balaban J connectivity index is 0.00000480.